The second-order valence-corrected chi connectivity index (χ2v) is 6.07. The van der Waals surface area contributed by atoms with Crippen LogP contribution in [0.25, 0.3) is 0 Å². The molecule has 1 heterocycles. The van der Waals surface area contributed by atoms with Crippen LogP contribution in [0.4, 0.5) is 0 Å². The van der Waals surface area contributed by atoms with Crippen molar-refractivity contribution >= 4 is 17.8 Å². The van der Waals surface area contributed by atoms with Gasteiger partial charge in [-0.1, -0.05) is 17.7 Å². The Morgan fingerprint density at radius 1 is 1.12 bits per heavy atom. The van der Waals surface area contributed by atoms with Crippen molar-refractivity contribution in [2.75, 3.05) is 20.2 Å². The van der Waals surface area contributed by atoms with Gasteiger partial charge in [0, 0.05) is 31.1 Å². The molecule has 1 aliphatic heterocycles. The molecule has 2 rings (SSSR count). The molecule has 0 unspecified atom stereocenters. The van der Waals surface area contributed by atoms with Crippen LogP contribution in [0, 0.1) is 6.92 Å². The fourth-order valence-corrected chi connectivity index (χ4v) is 2.72. The maximum absolute atomic E-state index is 12.2. The van der Waals surface area contributed by atoms with Crippen LogP contribution in [0.5, 0.6) is 0 Å². The molecule has 0 bridgehead atoms. The number of esters is 1. The summed E-state index contributed by atoms with van der Waals surface area (Å²) >= 11 is 0. The molecule has 1 aromatic rings. The van der Waals surface area contributed by atoms with Gasteiger partial charge < -0.3 is 15.0 Å². The van der Waals surface area contributed by atoms with E-state index in [0.717, 1.165) is 18.4 Å². The second-order valence-electron chi connectivity index (χ2n) is 6.07. The summed E-state index contributed by atoms with van der Waals surface area (Å²) in [5.41, 5.74) is 1.77. The van der Waals surface area contributed by atoms with Gasteiger partial charge in [-0.15, -0.1) is 0 Å². The average molecular weight is 332 g/mol. The normalized spacial score (nSPS) is 15.0. The molecular formula is C18H24N2O4. The predicted octanol–water partition coefficient (Wildman–Crippen LogP) is 1.67. The van der Waals surface area contributed by atoms with E-state index < -0.39 is 0 Å². The highest BCUT2D eigenvalue weighted by atomic mass is 16.5. The van der Waals surface area contributed by atoms with Crippen LogP contribution in [-0.2, 0) is 14.3 Å². The molecule has 1 N–H and O–H groups in total. The van der Waals surface area contributed by atoms with Crippen LogP contribution in [-0.4, -0.2) is 48.9 Å². The topological polar surface area (TPSA) is 75.7 Å². The third kappa shape index (κ3) is 5.08. The van der Waals surface area contributed by atoms with Crippen LogP contribution in [0.15, 0.2) is 24.3 Å². The van der Waals surface area contributed by atoms with Crippen molar-refractivity contribution in [3.8, 4) is 0 Å². The first-order valence-corrected chi connectivity index (χ1v) is 8.21. The summed E-state index contributed by atoms with van der Waals surface area (Å²) in [5.74, 6) is -0.488. The maximum Gasteiger partial charge on any atom is 0.306 e. The maximum atomic E-state index is 12.2. The summed E-state index contributed by atoms with van der Waals surface area (Å²) in [5, 5.41) is 3.02. The van der Waals surface area contributed by atoms with Crippen molar-refractivity contribution in [3.05, 3.63) is 35.4 Å². The molecule has 1 aliphatic rings. The number of carbonyl (C=O) groups is 3. The van der Waals surface area contributed by atoms with Gasteiger partial charge in [-0.3, -0.25) is 14.4 Å². The quantitative estimate of drug-likeness (QED) is 0.832. The standard InChI is InChI=1S/C18H24N2O4/c1-13-3-5-14(6-4-13)18(23)19-15-9-11-20(12-10-15)16(21)7-8-17(22)24-2/h3-6,15H,7-12H2,1-2H3,(H,19,23). The molecule has 0 saturated carbocycles. The number of hydrogen-bond donors (Lipinski definition) is 1. The lowest BCUT2D eigenvalue weighted by atomic mass is 10.0. The van der Waals surface area contributed by atoms with E-state index in [0.29, 0.717) is 18.7 Å². The summed E-state index contributed by atoms with van der Waals surface area (Å²) < 4.78 is 4.54. The molecule has 0 aromatic heterocycles. The number of hydrogen-bond acceptors (Lipinski definition) is 4. The number of piperidine rings is 1. The van der Waals surface area contributed by atoms with Gasteiger partial charge in [-0.25, -0.2) is 0 Å². The van der Waals surface area contributed by atoms with Gasteiger partial charge in [-0.05, 0) is 31.9 Å². The zero-order valence-electron chi connectivity index (χ0n) is 14.2. The van der Waals surface area contributed by atoms with E-state index in [1.165, 1.54) is 7.11 Å². The molecule has 1 fully saturated rings. The second kappa shape index (κ2) is 8.47. The Hall–Kier alpha value is -2.37. The Kier molecular flexibility index (Phi) is 6.35. The minimum Gasteiger partial charge on any atom is -0.469 e. The number of methoxy groups -OCH3 is 1. The summed E-state index contributed by atoms with van der Waals surface area (Å²) in [6, 6.07) is 7.53. The predicted molar refractivity (Wildman–Crippen MR) is 89.5 cm³/mol. The minimum atomic E-state index is -0.372. The molecule has 130 valence electrons. The van der Waals surface area contributed by atoms with Crippen LogP contribution < -0.4 is 5.32 Å². The summed E-state index contributed by atoms with van der Waals surface area (Å²) in [6.07, 6.45) is 1.73. The smallest absolute Gasteiger partial charge is 0.306 e. The molecule has 6 nitrogen and oxygen atoms in total. The van der Waals surface area contributed by atoms with Crippen molar-refractivity contribution in [3.63, 3.8) is 0 Å². The molecule has 6 heteroatoms. The summed E-state index contributed by atoms with van der Waals surface area (Å²) in [6.45, 7) is 3.17. The molecular weight excluding hydrogens is 308 g/mol. The number of nitrogens with one attached hydrogen (secondary N) is 1. The lowest BCUT2D eigenvalue weighted by molar-refractivity contribution is -0.143. The van der Waals surface area contributed by atoms with Crippen LogP contribution in [0.1, 0.15) is 41.6 Å². The van der Waals surface area contributed by atoms with Crippen molar-refractivity contribution in [2.45, 2.75) is 38.6 Å². The van der Waals surface area contributed by atoms with Crippen LogP contribution in [0.2, 0.25) is 0 Å². The van der Waals surface area contributed by atoms with Gasteiger partial charge in [0.25, 0.3) is 5.91 Å². The van der Waals surface area contributed by atoms with E-state index >= 15 is 0 Å². The lowest BCUT2D eigenvalue weighted by Gasteiger charge is -2.32. The Morgan fingerprint density at radius 3 is 2.33 bits per heavy atom. The van der Waals surface area contributed by atoms with Crippen molar-refractivity contribution in [1.82, 2.24) is 10.2 Å². The van der Waals surface area contributed by atoms with Crippen molar-refractivity contribution < 1.29 is 19.1 Å². The molecule has 24 heavy (non-hydrogen) atoms. The first-order chi connectivity index (χ1) is 11.5. The highest BCUT2D eigenvalue weighted by molar-refractivity contribution is 5.94. The number of amides is 2. The van der Waals surface area contributed by atoms with E-state index in [2.05, 4.69) is 10.1 Å². The third-order valence-corrected chi connectivity index (χ3v) is 4.27. The Balaban J connectivity index is 1.76. The molecule has 2 amide bonds. The lowest BCUT2D eigenvalue weighted by Crippen LogP contribution is -2.46. The first-order valence-electron chi connectivity index (χ1n) is 8.21. The summed E-state index contributed by atoms with van der Waals surface area (Å²) in [4.78, 5) is 37.1. The fourth-order valence-electron chi connectivity index (χ4n) is 2.72. The number of aryl methyl sites for hydroxylation is 1. The fraction of sp³-hybridized carbons (Fsp3) is 0.500. The zero-order valence-corrected chi connectivity index (χ0v) is 14.2. The highest BCUT2D eigenvalue weighted by Crippen LogP contribution is 2.13. The molecule has 0 aliphatic carbocycles. The van der Waals surface area contributed by atoms with E-state index in [4.69, 9.17) is 0 Å². The zero-order chi connectivity index (χ0) is 17.5. The number of benzene rings is 1. The van der Waals surface area contributed by atoms with Gasteiger partial charge in [0.1, 0.15) is 0 Å². The average Bonchev–Trinajstić information content (AvgIpc) is 2.60. The van der Waals surface area contributed by atoms with E-state index in [1.807, 2.05) is 31.2 Å². The third-order valence-electron chi connectivity index (χ3n) is 4.27. The van der Waals surface area contributed by atoms with Crippen molar-refractivity contribution in [1.29, 1.82) is 0 Å². The highest BCUT2D eigenvalue weighted by Gasteiger charge is 2.24. The van der Waals surface area contributed by atoms with E-state index in [-0.39, 0.29) is 36.7 Å². The largest absolute Gasteiger partial charge is 0.469 e. The van der Waals surface area contributed by atoms with Gasteiger partial charge in [0.05, 0.1) is 13.5 Å². The Morgan fingerprint density at radius 2 is 1.75 bits per heavy atom. The van der Waals surface area contributed by atoms with E-state index in [9.17, 15) is 14.4 Å². The first kappa shape index (κ1) is 18.0. The molecule has 0 radical (unpaired) electrons. The SMILES string of the molecule is COC(=O)CCC(=O)N1CCC(NC(=O)c2ccc(C)cc2)CC1. The summed E-state index contributed by atoms with van der Waals surface area (Å²) in [7, 11) is 1.31. The van der Waals surface area contributed by atoms with Crippen LogP contribution >= 0.6 is 0 Å². The van der Waals surface area contributed by atoms with E-state index in [1.54, 1.807) is 4.90 Å². The van der Waals surface area contributed by atoms with Gasteiger partial charge in [0.2, 0.25) is 5.91 Å². The van der Waals surface area contributed by atoms with Gasteiger partial charge in [0.15, 0.2) is 0 Å². The number of ether oxygens (including phenoxy) is 1. The number of nitrogens with zero attached hydrogens (tertiary/aromatic N) is 1. The van der Waals surface area contributed by atoms with Crippen LogP contribution in [0.3, 0.4) is 0 Å². The monoisotopic (exact) mass is 332 g/mol. The molecule has 0 spiro atoms. The minimum absolute atomic E-state index is 0.0382. The van der Waals surface area contributed by atoms with Gasteiger partial charge >= 0.3 is 5.97 Å². The Bertz CT molecular complexity index is 590. The number of likely N-dealkylation sites (tertiary alicyclic amines) is 1. The van der Waals surface area contributed by atoms with Crippen molar-refractivity contribution in [2.24, 2.45) is 0 Å². The molecule has 0 atom stereocenters. The van der Waals surface area contributed by atoms with Gasteiger partial charge in [-0.2, -0.15) is 0 Å². The molecule has 1 aromatic carbocycles. The molecule has 1 saturated heterocycles. The Labute approximate surface area is 142 Å². The number of rotatable bonds is 5. The number of carbonyl (C=O) groups excluding carboxylic acids is 3.